The molecule has 7 nitrogen and oxygen atoms in total. The number of nitrogens with one attached hydrogen (secondary N) is 1. The Balaban J connectivity index is 1.92. The molecule has 0 amide bonds. The molecule has 1 fully saturated rings. The van der Waals surface area contributed by atoms with Crippen molar-refractivity contribution < 1.29 is 4.92 Å². The third-order valence-electron chi connectivity index (χ3n) is 3.81. The van der Waals surface area contributed by atoms with E-state index < -0.39 is 4.92 Å². The van der Waals surface area contributed by atoms with Crippen molar-refractivity contribution in [2.45, 2.75) is 45.4 Å². The highest BCUT2D eigenvalue weighted by Gasteiger charge is 2.21. The third kappa shape index (κ3) is 3.55. The summed E-state index contributed by atoms with van der Waals surface area (Å²) in [5.74, 6) is 1.11. The van der Waals surface area contributed by atoms with E-state index in [0.29, 0.717) is 12.2 Å². The van der Waals surface area contributed by atoms with Crippen LogP contribution in [0.1, 0.15) is 44.2 Å². The lowest BCUT2D eigenvalue weighted by molar-refractivity contribution is -0.385. The zero-order chi connectivity index (χ0) is 14.5. The van der Waals surface area contributed by atoms with Gasteiger partial charge in [-0.2, -0.15) is 4.98 Å². The summed E-state index contributed by atoms with van der Waals surface area (Å²) < 4.78 is 0. The zero-order valence-corrected chi connectivity index (χ0v) is 11.8. The fourth-order valence-corrected chi connectivity index (χ4v) is 2.83. The normalized spacial score (nSPS) is 15.4. The van der Waals surface area contributed by atoms with Crippen LogP contribution in [0.2, 0.25) is 0 Å². The second-order valence-electron chi connectivity index (χ2n) is 5.34. The van der Waals surface area contributed by atoms with Crippen LogP contribution >= 0.6 is 0 Å². The molecule has 1 aromatic rings. The fraction of sp³-hybridized carbons (Fsp3) is 0.692. The van der Waals surface area contributed by atoms with Gasteiger partial charge in [-0.3, -0.25) is 10.1 Å². The summed E-state index contributed by atoms with van der Waals surface area (Å²) in [5, 5.41) is 14.1. The van der Waals surface area contributed by atoms with Gasteiger partial charge >= 0.3 is 5.69 Å². The van der Waals surface area contributed by atoms with E-state index in [4.69, 9.17) is 5.73 Å². The summed E-state index contributed by atoms with van der Waals surface area (Å²) in [6.07, 6.45) is 7.47. The number of nitrogens with two attached hydrogens (primary N) is 1. The van der Waals surface area contributed by atoms with Gasteiger partial charge in [0.2, 0.25) is 11.8 Å². The Labute approximate surface area is 118 Å². The second kappa shape index (κ2) is 6.49. The van der Waals surface area contributed by atoms with Crippen LogP contribution in [0.25, 0.3) is 0 Å². The van der Waals surface area contributed by atoms with Crippen molar-refractivity contribution in [2.75, 3.05) is 17.6 Å². The van der Waals surface area contributed by atoms with E-state index in [2.05, 4.69) is 15.3 Å². The summed E-state index contributed by atoms with van der Waals surface area (Å²) in [5.41, 5.74) is 5.76. The number of hydrogen-bond acceptors (Lipinski definition) is 6. The van der Waals surface area contributed by atoms with Gasteiger partial charge in [0, 0.05) is 6.54 Å². The molecule has 0 spiro atoms. The van der Waals surface area contributed by atoms with E-state index >= 15 is 0 Å². The van der Waals surface area contributed by atoms with Crippen molar-refractivity contribution in [2.24, 2.45) is 5.92 Å². The van der Waals surface area contributed by atoms with Gasteiger partial charge in [0.05, 0.1) is 4.92 Å². The van der Waals surface area contributed by atoms with Crippen molar-refractivity contribution in [3.05, 3.63) is 15.8 Å². The third-order valence-corrected chi connectivity index (χ3v) is 3.81. The van der Waals surface area contributed by atoms with Crippen LogP contribution in [0.3, 0.4) is 0 Å². The maximum Gasteiger partial charge on any atom is 0.332 e. The number of hydrogen-bond donors (Lipinski definition) is 2. The Hall–Kier alpha value is -1.92. The lowest BCUT2D eigenvalue weighted by Gasteiger charge is -2.10. The first-order valence-corrected chi connectivity index (χ1v) is 7.10. The number of nitro groups is 1. The minimum atomic E-state index is -0.464. The van der Waals surface area contributed by atoms with Crippen LogP contribution in [0.4, 0.5) is 17.5 Å². The van der Waals surface area contributed by atoms with Gasteiger partial charge in [0.25, 0.3) is 0 Å². The van der Waals surface area contributed by atoms with Gasteiger partial charge in [-0.05, 0) is 25.7 Å². The molecule has 20 heavy (non-hydrogen) atoms. The zero-order valence-electron chi connectivity index (χ0n) is 11.8. The molecule has 2 rings (SSSR count). The Morgan fingerprint density at radius 2 is 2.10 bits per heavy atom. The minimum absolute atomic E-state index is 0.0615. The monoisotopic (exact) mass is 279 g/mol. The molecule has 1 saturated carbocycles. The van der Waals surface area contributed by atoms with E-state index in [0.717, 1.165) is 12.3 Å². The van der Waals surface area contributed by atoms with Crippen LogP contribution in [0.15, 0.2) is 0 Å². The predicted molar refractivity (Wildman–Crippen MR) is 77.5 cm³/mol. The van der Waals surface area contributed by atoms with Gasteiger partial charge in [-0.25, -0.2) is 4.98 Å². The van der Waals surface area contributed by atoms with E-state index in [1.165, 1.54) is 32.1 Å². The van der Waals surface area contributed by atoms with Gasteiger partial charge in [-0.1, -0.05) is 25.7 Å². The SMILES string of the molecule is Cc1nc(N)nc(NCCCC2CCCC2)c1[N+](=O)[O-]. The molecule has 0 aromatic carbocycles. The number of rotatable bonds is 6. The molecule has 0 radical (unpaired) electrons. The first kappa shape index (κ1) is 14.5. The number of nitrogens with zero attached hydrogens (tertiary/aromatic N) is 3. The fourth-order valence-electron chi connectivity index (χ4n) is 2.83. The minimum Gasteiger partial charge on any atom is -0.368 e. The molecule has 3 N–H and O–H groups in total. The molecule has 1 aliphatic rings. The van der Waals surface area contributed by atoms with Crippen LogP contribution < -0.4 is 11.1 Å². The number of aryl methyl sites for hydroxylation is 1. The van der Waals surface area contributed by atoms with Crippen LogP contribution in [0, 0.1) is 23.0 Å². The number of anilines is 2. The second-order valence-corrected chi connectivity index (χ2v) is 5.34. The van der Waals surface area contributed by atoms with E-state index in [-0.39, 0.29) is 17.5 Å². The van der Waals surface area contributed by atoms with Crippen molar-refractivity contribution in [1.82, 2.24) is 9.97 Å². The molecule has 0 atom stereocenters. The Morgan fingerprint density at radius 3 is 2.75 bits per heavy atom. The van der Waals surface area contributed by atoms with E-state index in [1.54, 1.807) is 6.92 Å². The Kier molecular flexibility index (Phi) is 4.70. The summed E-state index contributed by atoms with van der Waals surface area (Å²) in [6, 6.07) is 0. The summed E-state index contributed by atoms with van der Waals surface area (Å²) in [4.78, 5) is 18.3. The Morgan fingerprint density at radius 1 is 1.40 bits per heavy atom. The molecule has 7 heteroatoms. The average molecular weight is 279 g/mol. The molecule has 1 aromatic heterocycles. The first-order valence-electron chi connectivity index (χ1n) is 7.10. The molecular formula is C13H21N5O2. The van der Waals surface area contributed by atoms with Crippen molar-refractivity contribution in [3.8, 4) is 0 Å². The molecule has 0 bridgehead atoms. The molecule has 110 valence electrons. The molecule has 1 heterocycles. The molecule has 0 unspecified atom stereocenters. The van der Waals surface area contributed by atoms with Crippen molar-refractivity contribution in [1.29, 1.82) is 0 Å². The van der Waals surface area contributed by atoms with Gasteiger partial charge in [0.15, 0.2) is 0 Å². The lowest BCUT2D eigenvalue weighted by Crippen LogP contribution is -2.11. The average Bonchev–Trinajstić information content (AvgIpc) is 2.86. The first-order chi connectivity index (χ1) is 9.58. The largest absolute Gasteiger partial charge is 0.368 e. The lowest BCUT2D eigenvalue weighted by atomic mass is 10.0. The molecule has 0 aliphatic heterocycles. The highest BCUT2D eigenvalue weighted by Crippen LogP contribution is 2.29. The van der Waals surface area contributed by atoms with E-state index in [1.807, 2.05) is 0 Å². The predicted octanol–water partition coefficient (Wildman–Crippen LogP) is 2.66. The molecular weight excluding hydrogens is 258 g/mol. The van der Waals surface area contributed by atoms with Crippen molar-refractivity contribution in [3.63, 3.8) is 0 Å². The van der Waals surface area contributed by atoms with Crippen LogP contribution in [-0.4, -0.2) is 21.4 Å². The van der Waals surface area contributed by atoms with Gasteiger partial charge < -0.3 is 11.1 Å². The summed E-state index contributed by atoms with van der Waals surface area (Å²) >= 11 is 0. The van der Waals surface area contributed by atoms with Gasteiger partial charge in [-0.15, -0.1) is 0 Å². The highest BCUT2D eigenvalue weighted by atomic mass is 16.6. The molecule has 1 aliphatic carbocycles. The van der Waals surface area contributed by atoms with Crippen LogP contribution in [-0.2, 0) is 0 Å². The summed E-state index contributed by atoms with van der Waals surface area (Å²) in [6.45, 7) is 2.24. The maximum atomic E-state index is 11.0. The van der Waals surface area contributed by atoms with Gasteiger partial charge in [0.1, 0.15) is 5.69 Å². The standard InChI is InChI=1S/C13H21N5O2/c1-9-11(18(19)20)12(17-13(14)16-9)15-8-4-7-10-5-2-3-6-10/h10H,2-8H2,1H3,(H3,14,15,16,17). The van der Waals surface area contributed by atoms with E-state index in [9.17, 15) is 10.1 Å². The van der Waals surface area contributed by atoms with Crippen molar-refractivity contribution >= 4 is 17.5 Å². The summed E-state index contributed by atoms with van der Waals surface area (Å²) in [7, 11) is 0. The van der Waals surface area contributed by atoms with Crippen LogP contribution in [0.5, 0.6) is 0 Å². The number of nitrogen functional groups attached to an aromatic ring is 1. The number of aromatic nitrogens is 2. The topological polar surface area (TPSA) is 107 Å². The maximum absolute atomic E-state index is 11.0. The highest BCUT2D eigenvalue weighted by molar-refractivity contribution is 5.60. The molecule has 0 saturated heterocycles. The Bertz CT molecular complexity index is 486. The smallest absolute Gasteiger partial charge is 0.332 e. The quantitative estimate of drug-likeness (QED) is 0.471.